The van der Waals surface area contributed by atoms with Gasteiger partial charge >= 0.3 is 0 Å². The molecule has 1 N–H and O–H groups in total. The molecular formula is C18H24N2O. The predicted molar refractivity (Wildman–Crippen MR) is 90.5 cm³/mol. The molecular weight excluding hydrogens is 260 g/mol. The van der Waals surface area contributed by atoms with E-state index in [4.69, 9.17) is 4.74 Å². The molecule has 0 aromatic heterocycles. The van der Waals surface area contributed by atoms with Gasteiger partial charge in [0.2, 0.25) is 0 Å². The third kappa shape index (κ3) is 3.48. The summed E-state index contributed by atoms with van der Waals surface area (Å²) in [5, 5.41) is 3.57. The van der Waals surface area contributed by atoms with Gasteiger partial charge in [-0.05, 0) is 43.7 Å². The van der Waals surface area contributed by atoms with E-state index >= 15 is 0 Å². The van der Waals surface area contributed by atoms with Crippen LogP contribution in [0.5, 0.6) is 5.75 Å². The Morgan fingerprint density at radius 1 is 1.10 bits per heavy atom. The summed E-state index contributed by atoms with van der Waals surface area (Å²) in [7, 11) is 5.82. The minimum atomic E-state index is 0.185. The molecule has 0 saturated carbocycles. The first-order valence-electron chi connectivity index (χ1n) is 7.20. The Kier molecular flexibility index (Phi) is 4.73. The lowest BCUT2D eigenvalue weighted by Gasteiger charge is -2.21. The quantitative estimate of drug-likeness (QED) is 0.888. The van der Waals surface area contributed by atoms with Crippen LogP contribution >= 0.6 is 0 Å². The number of ether oxygens (including phenoxy) is 1. The van der Waals surface area contributed by atoms with E-state index in [2.05, 4.69) is 62.4 Å². The van der Waals surface area contributed by atoms with Crippen LogP contribution in [0.1, 0.15) is 24.1 Å². The second-order valence-electron chi connectivity index (χ2n) is 5.50. The van der Waals surface area contributed by atoms with Gasteiger partial charge in [0.25, 0.3) is 0 Å². The Bertz CT molecular complexity index is 608. The van der Waals surface area contributed by atoms with Crippen molar-refractivity contribution in [2.24, 2.45) is 0 Å². The van der Waals surface area contributed by atoms with Crippen LogP contribution in [0.2, 0.25) is 0 Å². The Balaban J connectivity index is 2.21. The van der Waals surface area contributed by atoms with Crippen molar-refractivity contribution >= 4 is 11.4 Å². The third-order valence-electron chi connectivity index (χ3n) is 3.70. The van der Waals surface area contributed by atoms with E-state index in [0.29, 0.717) is 0 Å². The average molecular weight is 284 g/mol. The minimum absolute atomic E-state index is 0.185. The van der Waals surface area contributed by atoms with Crippen molar-refractivity contribution in [3.8, 4) is 5.75 Å². The molecule has 0 fully saturated rings. The fourth-order valence-corrected chi connectivity index (χ4v) is 2.42. The van der Waals surface area contributed by atoms with E-state index in [-0.39, 0.29) is 6.04 Å². The van der Waals surface area contributed by atoms with Crippen LogP contribution in [-0.4, -0.2) is 21.2 Å². The molecule has 0 aliphatic carbocycles. The second kappa shape index (κ2) is 6.53. The summed E-state index contributed by atoms with van der Waals surface area (Å²) in [5.74, 6) is 0.917. The molecule has 1 atom stereocenters. The number of benzene rings is 2. The zero-order valence-electron chi connectivity index (χ0n) is 13.5. The molecule has 0 radical (unpaired) electrons. The Morgan fingerprint density at radius 2 is 1.81 bits per heavy atom. The van der Waals surface area contributed by atoms with Crippen molar-refractivity contribution in [3.63, 3.8) is 0 Å². The van der Waals surface area contributed by atoms with E-state index in [1.807, 2.05) is 18.2 Å². The van der Waals surface area contributed by atoms with E-state index in [1.165, 1.54) is 11.3 Å². The van der Waals surface area contributed by atoms with E-state index in [0.717, 1.165) is 17.0 Å². The monoisotopic (exact) mass is 284 g/mol. The number of para-hydroxylation sites is 1. The third-order valence-corrected chi connectivity index (χ3v) is 3.70. The standard InChI is InChI=1S/C18H24N2O/c1-13-12-15(20(3)4)10-11-17(13)19-14(2)16-8-6-7-9-18(16)21-5/h6-12,14,19H,1-5H3. The van der Waals surface area contributed by atoms with Crippen LogP contribution in [-0.2, 0) is 0 Å². The fraction of sp³-hybridized carbons (Fsp3) is 0.333. The lowest BCUT2D eigenvalue weighted by molar-refractivity contribution is 0.408. The van der Waals surface area contributed by atoms with Gasteiger partial charge in [-0.15, -0.1) is 0 Å². The zero-order chi connectivity index (χ0) is 15.4. The number of hydrogen-bond donors (Lipinski definition) is 1. The average Bonchev–Trinajstić information content (AvgIpc) is 2.48. The topological polar surface area (TPSA) is 24.5 Å². The molecule has 0 heterocycles. The van der Waals surface area contributed by atoms with E-state index < -0.39 is 0 Å². The second-order valence-corrected chi connectivity index (χ2v) is 5.50. The molecule has 0 aliphatic rings. The normalized spacial score (nSPS) is 11.9. The number of rotatable bonds is 5. The van der Waals surface area contributed by atoms with Crippen LogP contribution in [0.4, 0.5) is 11.4 Å². The first kappa shape index (κ1) is 15.2. The van der Waals surface area contributed by atoms with Crippen molar-refractivity contribution in [1.82, 2.24) is 0 Å². The first-order valence-corrected chi connectivity index (χ1v) is 7.20. The van der Waals surface area contributed by atoms with Crippen molar-refractivity contribution in [2.75, 3.05) is 31.4 Å². The van der Waals surface area contributed by atoms with Crippen LogP contribution in [0.25, 0.3) is 0 Å². The van der Waals surface area contributed by atoms with Crippen molar-refractivity contribution in [2.45, 2.75) is 19.9 Å². The molecule has 0 aliphatic heterocycles. The summed E-state index contributed by atoms with van der Waals surface area (Å²) in [6.07, 6.45) is 0. The van der Waals surface area contributed by atoms with Crippen LogP contribution in [0.15, 0.2) is 42.5 Å². The predicted octanol–water partition coefficient (Wildman–Crippen LogP) is 4.24. The van der Waals surface area contributed by atoms with Gasteiger partial charge < -0.3 is 15.0 Å². The van der Waals surface area contributed by atoms with Crippen LogP contribution in [0, 0.1) is 6.92 Å². The fourth-order valence-electron chi connectivity index (χ4n) is 2.42. The lowest BCUT2D eigenvalue weighted by atomic mass is 10.1. The highest BCUT2D eigenvalue weighted by Gasteiger charge is 2.11. The molecule has 0 bridgehead atoms. The highest BCUT2D eigenvalue weighted by Crippen LogP contribution is 2.29. The number of methoxy groups -OCH3 is 1. The van der Waals surface area contributed by atoms with Crippen molar-refractivity contribution in [3.05, 3.63) is 53.6 Å². The summed E-state index contributed by atoms with van der Waals surface area (Å²) in [5.41, 5.74) is 4.76. The van der Waals surface area contributed by atoms with Crippen molar-refractivity contribution < 1.29 is 4.74 Å². The van der Waals surface area contributed by atoms with Crippen molar-refractivity contribution in [1.29, 1.82) is 0 Å². The van der Waals surface area contributed by atoms with Gasteiger partial charge in [-0.3, -0.25) is 0 Å². The Morgan fingerprint density at radius 3 is 2.43 bits per heavy atom. The molecule has 0 spiro atoms. The summed E-state index contributed by atoms with van der Waals surface area (Å²) in [6, 6.07) is 14.8. The minimum Gasteiger partial charge on any atom is -0.496 e. The number of nitrogens with one attached hydrogen (secondary N) is 1. The summed E-state index contributed by atoms with van der Waals surface area (Å²) >= 11 is 0. The van der Waals surface area contributed by atoms with Gasteiger partial charge in [-0.2, -0.15) is 0 Å². The Hall–Kier alpha value is -2.16. The molecule has 2 aromatic rings. The van der Waals surface area contributed by atoms with Gasteiger partial charge in [-0.1, -0.05) is 18.2 Å². The van der Waals surface area contributed by atoms with E-state index in [1.54, 1.807) is 7.11 Å². The van der Waals surface area contributed by atoms with Gasteiger partial charge in [0.1, 0.15) is 5.75 Å². The largest absolute Gasteiger partial charge is 0.496 e. The molecule has 2 aromatic carbocycles. The molecule has 3 heteroatoms. The highest BCUT2D eigenvalue weighted by atomic mass is 16.5. The van der Waals surface area contributed by atoms with Gasteiger partial charge in [0.05, 0.1) is 13.2 Å². The number of nitrogens with zero attached hydrogens (tertiary/aromatic N) is 1. The van der Waals surface area contributed by atoms with Gasteiger partial charge in [-0.25, -0.2) is 0 Å². The number of anilines is 2. The maximum Gasteiger partial charge on any atom is 0.124 e. The Labute approximate surface area is 127 Å². The molecule has 112 valence electrons. The first-order chi connectivity index (χ1) is 10.0. The molecule has 2 rings (SSSR count). The molecule has 0 saturated heterocycles. The zero-order valence-corrected chi connectivity index (χ0v) is 13.5. The van der Waals surface area contributed by atoms with E-state index in [9.17, 15) is 0 Å². The number of aryl methyl sites for hydroxylation is 1. The molecule has 1 unspecified atom stereocenters. The maximum atomic E-state index is 5.44. The highest BCUT2D eigenvalue weighted by molar-refractivity contribution is 5.60. The summed E-state index contributed by atoms with van der Waals surface area (Å²) in [4.78, 5) is 2.11. The SMILES string of the molecule is COc1ccccc1C(C)Nc1ccc(N(C)C)cc1C. The summed E-state index contributed by atoms with van der Waals surface area (Å²) < 4.78 is 5.44. The maximum absolute atomic E-state index is 5.44. The van der Waals surface area contributed by atoms with Gasteiger partial charge in [0, 0.05) is 31.0 Å². The van der Waals surface area contributed by atoms with Gasteiger partial charge in [0.15, 0.2) is 0 Å². The smallest absolute Gasteiger partial charge is 0.124 e. The summed E-state index contributed by atoms with van der Waals surface area (Å²) in [6.45, 7) is 4.28. The lowest BCUT2D eigenvalue weighted by Crippen LogP contribution is -2.11. The molecule has 21 heavy (non-hydrogen) atoms. The molecule has 0 amide bonds. The molecule has 3 nitrogen and oxygen atoms in total. The number of hydrogen-bond acceptors (Lipinski definition) is 3. The van der Waals surface area contributed by atoms with Crippen LogP contribution < -0.4 is 15.0 Å². The van der Waals surface area contributed by atoms with Crippen LogP contribution in [0.3, 0.4) is 0 Å².